The van der Waals surface area contributed by atoms with E-state index in [0.29, 0.717) is 19.6 Å². The molecule has 148 valence electrons. The van der Waals surface area contributed by atoms with Crippen molar-refractivity contribution in [2.24, 2.45) is 0 Å². The molecule has 2 atom stereocenters. The summed E-state index contributed by atoms with van der Waals surface area (Å²) in [5, 5.41) is 0.991. The van der Waals surface area contributed by atoms with Crippen LogP contribution in [0.3, 0.4) is 0 Å². The van der Waals surface area contributed by atoms with E-state index in [1.165, 1.54) is 22.3 Å². The third-order valence-electron chi connectivity index (χ3n) is 6.64. The van der Waals surface area contributed by atoms with Crippen LogP contribution in [0, 0.1) is 0 Å². The number of halogens is 2. The van der Waals surface area contributed by atoms with Crippen molar-refractivity contribution in [3.05, 3.63) is 46.5 Å². The Kier molecular flexibility index (Phi) is 4.52. The van der Waals surface area contributed by atoms with Gasteiger partial charge in [0.05, 0.1) is 24.0 Å². The average molecular weight is 511 g/mol. The van der Waals surface area contributed by atoms with Gasteiger partial charge in [0, 0.05) is 18.4 Å². The minimum absolute atomic E-state index is 0. The first kappa shape index (κ1) is 18.6. The molecule has 5 nitrogen and oxygen atoms in total. The molecule has 0 saturated carbocycles. The maximum absolute atomic E-state index is 5.85. The van der Waals surface area contributed by atoms with Crippen LogP contribution >= 0.6 is 15.9 Å². The molecule has 2 aromatic carbocycles. The number of benzene rings is 2. The molecule has 0 spiro atoms. The Balaban J connectivity index is 0.00000171. The Hall–Kier alpha value is -1.44. The zero-order chi connectivity index (χ0) is 18.0. The van der Waals surface area contributed by atoms with Crippen molar-refractivity contribution in [2.45, 2.75) is 25.4 Å². The molecule has 0 amide bonds. The van der Waals surface area contributed by atoms with Crippen LogP contribution in [0.1, 0.15) is 28.3 Å². The molecular weight excluding hydrogens is 490 g/mol. The second kappa shape index (κ2) is 6.82. The highest BCUT2D eigenvalue weighted by atomic mass is 79.9. The molecule has 7 heteroatoms. The van der Waals surface area contributed by atoms with Gasteiger partial charge in [0.15, 0.2) is 23.0 Å². The summed E-state index contributed by atoms with van der Waals surface area (Å²) in [7, 11) is 0. The van der Waals surface area contributed by atoms with Gasteiger partial charge in [-0.15, -0.1) is 0 Å². The molecule has 0 radical (unpaired) electrons. The van der Waals surface area contributed by atoms with Crippen LogP contribution in [0.15, 0.2) is 24.3 Å². The van der Waals surface area contributed by atoms with Gasteiger partial charge in [-0.05, 0) is 29.3 Å². The predicted molar refractivity (Wildman–Crippen MR) is 103 cm³/mol. The van der Waals surface area contributed by atoms with Crippen molar-refractivity contribution in [3.8, 4) is 23.0 Å². The van der Waals surface area contributed by atoms with Crippen LogP contribution in [-0.4, -0.2) is 36.5 Å². The zero-order valence-corrected chi connectivity index (χ0v) is 18.6. The van der Waals surface area contributed by atoms with Gasteiger partial charge in [0.2, 0.25) is 13.6 Å². The fourth-order valence-corrected chi connectivity index (χ4v) is 5.99. The molecular formula is C21H21Br2NO4. The van der Waals surface area contributed by atoms with Crippen molar-refractivity contribution in [3.63, 3.8) is 0 Å². The standard InChI is InChI=1S/C21H21BrNO4.BrH/c22-4-6-23-5-3-14-8-19-20(26-11-25-19)9-15(14)17(23)7-13-1-2-18-21(16(13)10-23)27-12-24-18;/h1-2,8-9,17H,3-7,10-12H2;1H/q+1;/p-1. The highest BCUT2D eigenvalue weighted by Crippen LogP contribution is 2.51. The maximum Gasteiger partial charge on any atom is 0.231 e. The summed E-state index contributed by atoms with van der Waals surface area (Å²) in [6.07, 6.45) is 2.09. The Labute approximate surface area is 183 Å². The smallest absolute Gasteiger partial charge is 0.231 e. The summed E-state index contributed by atoms with van der Waals surface area (Å²) in [6, 6.07) is 9.17. The predicted octanol–water partition coefficient (Wildman–Crippen LogP) is 0.713. The highest BCUT2D eigenvalue weighted by Gasteiger charge is 2.47. The van der Waals surface area contributed by atoms with E-state index in [0.717, 1.165) is 65.3 Å². The number of alkyl halides is 1. The minimum Gasteiger partial charge on any atom is -1.00 e. The molecule has 0 N–H and O–H groups in total. The monoisotopic (exact) mass is 509 g/mol. The SMILES string of the molecule is BrCC[N+]12CCc3cc4c(cc3C1Cc1ccc3c(c1C2)OCO3)OCO4.[Br-]. The highest BCUT2D eigenvalue weighted by molar-refractivity contribution is 9.09. The molecule has 0 aromatic heterocycles. The molecule has 0 fully saturated rings. The van der Waals surface area contributed by atoms with Crippen LogP contribution in [0.25, 0.3) is 0 Å². The van der Waals surface area contributed by atoms with E-state index in [4.69, 9.17) is 18.9 Å². The van der Waals surface area contributed by atoms with E-state index in [9.17, 15) is 0 Å². The zero-order valence-electron chi connectivity index (χ0n) is 15.4. The second-order valence-electron chi connectivity index (χ2n) is 7.82. The first-order valence-electron chi connectivity index (χ1n) is 9.52. The lowest BCUT2D eigenvalue weighted by Gasteiger charge is -2.51. The van der Waals surface area contributed by atoms with Gasteiger partial charge in [-0.2, -0.15) is 0 Å². The van der Waals surface area contributed by atoms with Crippen molar-refractivity contribution in [2.75, 3.05) is 32.0 Å². The third kappa shape index (κ3) is 2.59. The van der Waals surface area contributed by atoms with Crippen molar-refractivity contribution < 1.29 is 40.4 Å². The van der Waals surface area contributed by atoms with Crippen LogP contribution in [0.5, 0.6) is 23.0 Å². The Bertz CT molecular complexity index is 950. The van der Waals surface area contributed by atoms with Crippen molar-refractivity contribution in [1.29, 1.82) is 0 Å². The quantitative estimate of drug-likeness (QED) is 0.440. The molecule has 4 aliphatic heterocycles. The molecule has 28 heavy (non-hydrogen) atoms. The first-order valence-corrected chi connectivity index (χ1v) is 10.6. The van der Waals surface area contributed by atoms with E-state index in [1.54, 1.807) is 0 Å². The first-order chi connectivity index (χ1) is 13.3. The van der Waals surface area contributed by atoms with E-state index in [-0.39, 0.29) is 17.0 Å². The van der Waals surface area contributed by atoms with Crippen molar-refractivity contribution >= 4 is 15.9 Å². The molecule has 2 aromatic rings. The van der Waals surface area contributed by atoms with Crippen LogP contribution in [-0.2, 0) is 19.4 Å². The molecule has 0 saturated heterocycles. The summed E-state index contributed by atoms with van der Waals surface area (Å²) >= 11 is 3.72. The van der Waals surface area contributed by atoms with Gasteiger partial charge in [-0.25, -0.2) is 0 Å². The fraction of sp³-hybridized carbons (Fsp3) is 0.429. The molecule has 4 heterocycles. The summed E-state index contributed by atoms with van der Waals surface area (Å²) in [6.45, 7) is 3.89. The van der Waals surface area contributed by atoms with E-state index >= 15 is 0 Å². The molecule has 2 unspecified atom stereocenters. The third-order valence-corrected chi connectivity index (χ3v) is 6.99. The van der Waals surface area contributed by atoms with Crippen molar-refractivity contribution in [1.82, 2.24) is 0 Å². The second-order valence-corrected chi connectivity index (χ2v) is 8.62. The maximum atomic E-state index is 5.85. The Morgan fingerprint density at radius 2 is 1.75 bits per heavy atom. The number of ether oxygens (including phenoxy) is 4. The average Bonchev–Trinajstić information content (AvgIpc) is 3.34. The van der Waals surface area contributed by atoms with Gasteiger partial charge in [0.25, 0.3) is 0 Å². The van der Waals surface area contributed by atoms with Gasteiger partial charge in [-0.3, -0.25) is 0 Å². The summed E-state index contributed by atoms with van der Waals surface area (Å²) in [4.78, 5) is 0. The van der Waals surface area contributed by atoms with Crippen LogP contribution in [0.2, 0.25) is 0 Å². The van der Waals surface area contributed by atoms with Gasteiger partial charge < -0.3 is 40.4 Å². The lowest BCUT2D eigenvalue weighted by molar-refractivity contribution is -0.971. The topological polar surface area (TPSA) is 36.9 Å². The van der Waals surface area contributed by atoms with Gasteiger partial charge in [0.1, 0.15) is 12.6 Å². The molecule has 0 bridgehead atoms. The lowest BCUT2D eigenvalue weighted by Crippen LogP contribution is -3.00. The number of fused-ring (bicyclic) bond motifs is 7. The summed E-state index contributed by atoms with van der Waals surface area (Å²) in [5.41, 5.74) is 5.57. The summed E-state index contributed by atoms with van der Waals surface area (Å²) < 4.78 is 23.8. The minimum atomic E-state index is 0. The molecule has 4 aliphatic rings. The van der Waals surface area contributed by atoms with Crippen LogP contribution in [0.4, 0.5) is 0 Å². The lowest BCUT2D eigenvalue weighted by atomic mass is 9.81. The summed E-state index contributed by atoms with van der Waals surface area (Å²) in [5.74, 6) is 3.65. The number of hydrogen-bond donors (Lipinski definition) is 0. The number of rotatable bonds is 2. The van der Waals surface area contributed by atoms with E-state index in [1.807, 2.05) is 0 Å². The number of nitrogens with zero attached hydrogens (tertiary/aromatic N) is 1. The molecule has 0 aliphatic carbocycles. The van der Waals surface area contributed by atoms with E-state index in [2.05, 4.69) is 40.2 Å². The van der Waals surface area contributed by atoms with Gasteiger partial charge >= 0.3 is 0 Å². The normalized spacial score (nSPS) is 25.4. The fourth-order valence-electron chi connectivity index (χ4n) is 5.29. The number of hydrogen-bond acceptors (Lipinski definition) is 4. The van der Waals surface area contributed by atoms with E-state index < -0.39 is 0 Å². The Morgan fingerprint density at radius 3 is 2.61 bits per heavy atom. The largest absolute Gasteiger partial charge is 1.00 e. The Morgan fingerprint density at radius 1 is 0.964 bits per heavy atom. The number of quaternary nitrogens is 1. The van der Waals surface area contributed by atoms with Gasteiger partial charge in [-0.1, -0.05) is 22.0 Å². The molecule has 6 rings (SSSR count). The van der Waals surface area contributed by atoms with Crippen LogP contribution < -0.4 is 35.9 Å².